The van der Waals surface area contributed by atoms with Gasteiger partial charge in [0.05, 0.1) is 17.8 Å². The first-order valence-corrected chi connectivity index (χ1v) is 11.1. The molecular weight excluding hydrogens is 425 g/mol. The SMILES string of the molecule is C[C@H]1CN(C)C(C)(C)CN1C(=O)N1Cc2c(-c3nc(N(C)C)nc(N)c3F)n[nH]c2C1(C)C. The molecule has 4 rings (SSSR count). The third-order valence-corrected chi connectivity index (χ3v) is 7.10. The summed E-state index contributed by atoms with van der Waals surface area (Å²) in [5.41, 5.74) is 6.95. The minimum atomic E-state index is -0.716. The number of hydrogen-bond acceptors (Lipinski definition) is 7. The Labute approximate surface area is 193 Å². The number of piperazine rings is 1. The van der Waals surface area contributed by atoms with E-state index in [4.69, 9.17) is 5.73 Å². The van der Waals surface area contributed by atoms with E-state index < -0.39 is 11.4 Å². The van der Waals surface area contributed by atoms with Crippen LogP contribution in [-0.2, 0) is 12.1 Å². The van der Waals surface area contributed by atoms with Crippen LogP contribution >= 0.6 is 0 Å². The summed E-state index contributed by atoms with van der Waals surface area (Å²) in [5.74, 6) is -0.662. The average molecular weight is 460 g/mol. The van der Waals surface area contributed by atoms with Gasteiger partial charge in [0.15, 0.2) is 11.6 Å². The molecule has 11 heteroatoms. The first kappa shape index (κ1) is 23.2. The van der Waals surface area contributed by atoms with Gasteiger partial charge in [0.2, 0.25) is 5.95 Å². The zero-order chi connectivity index (χ0) is 24.5. The minimum Gasteiger partial charge on any atom is -0.381 e. The molecule has 3 N–H and O–H groups in total. The van der Waals surface area contributed by atoms with Crippen molar-refractivity contribution in [3.8, 4) is 11.4 Å². The maximum absolute atomic E-state index is 15.0. The van der Waals surface area contributed by atoms with Gasteiger partial charge in [-0.3, -0.25) is 10.00 Å². The van der Waals surface area contributed by atoms with Gasteiger partial charge in [-0.05, 0) is 41.7 Å². The first-order chi connectivity index (χ1) is 15.3. The second-order valence-corrected chi connectivity index (χ2v) is 10.5. The molecule has 1 saturated heterocycles. The molecule has 0 aliphatic carbocycles. The number of nitrogens with zero attached hydrogens (tertiary/aromatic N) is 7. The molecule has 2 aliphatic heterocycles. The molecule has 0 saturated carbocycles. The summed E-state index contributed by atoms with van der Waals surface area (Å²) in [6.45, 7) is 12.0. The van der Waals surface area contributed by atoms with Gasteiger partial charge in [-0.15, -0.1) is 0 Å². The number of urea groups is 1. The van der Waals surface area contributed by atoms with E-state index in [-0.39, 0.29) is 29.1 Å². The minimum absolute atomic E-state index is 0.0305. The van der Waals surface area contributed by atoms with E-state index in [0.29, 0.717) is 24.7 Å². The number of rotatable bonds is 2. The van der Waals surface area contributed by atoms with Crippen molar-refractivity contribution in [1.82, 2.24) is 34.9 Å². The fourth-order valence-electron chi connectivity index (χ4n) is 4.67. The molecule has 2 amide bonds. The lowest BCUT2D eigenvalue weighted by molar-refractivity contribution is 0.00695. The molecule has 1 atom stereocenters. The highest BCUT2D eigenvalue weighted by Gasteiger charge is 2.48. The highest BCUT2D eigenvalue weighted by atomic mass is 19.1. The van der Waals surface area contributed by atoms with Crippen LogP contribution < -0.4 is 10.6 Å². The quantitative estimate of drug-likeness (QED) is 0.709. The number of carbonyl (C=O) groups excluding carboxylic acids is 1. The van der Waals surface area contributed by atoms with Crippen molar-refractivity contribution in [3.63, 3.8) is 0 Å². The zero-order valence-corrected chi connectivity index (χ0v) is 20.7. The van der Waals surface area contributed by atoms with Gasteiger partial charge in [0.25, 0.3) is 0 Å². The maximum atomic E-state index is 15.0. The molecule has 2 aliphatic rings. The molecule has 4 heterocycles. The molecular formula is C22H34FN9O. The third-order valence-electron chi connectivity index (χ3n) is 7.10. The van der Waals surface area contributed by atoms with Crippen molar-refractivity contribution < 1.29 is 9.18 Å². The van der Waals surface area contributed by atoms with E-state index in [1.54, 1.807) is 19.0 Å². The Morgan fingerprint density at radius 2 is 1.88 bits per heavy atom. The molecule has 0 bridgehead atoms. The van der Waals surface area contributed by atoms with E-state index in [1.807, 2.05) is 23.6 Å². The van der Waals surface area contributed by atoms with Crippen molar-refractivity contribution in [2.75, 3.05) is 44.9 Å². The molecule has 0 aromatic carbocycles. The number of nitrogen functional groups attached to an aromatic ring is 1. The number of fused-ring (bicyclic) bond motifs is 1. The number of nitrogens with two attached hydrogens (primary N) is 1. The summed E-state index contributed by atoms with van der Waals surface area (Å²) in [6, 6.07) is 0.0329. The normalized spacial score (nSPS) is 21.9. The lowest BCUT2D eigenvalue weighted by Crippen LogP contribution is -2.65. The van der Waals surface area contributed by atoms with Crippen LogP contribution in [0.1, 0.15) is 45.9 Å². The van der Waals surface area contributed by atoms with Gasteiger partial charge < -0.3 is 20.4 Å². The third kappa shape index (κ3) is 3.58. The number of hydrogen-bond donors (Lipinski definition) is 2. The van der Waals surface area contributed by atoms with E-state index >= 15 is 0 Å². The van der Waals surface area contributed by atoms with Crippen LogP contribution in [0.4, 0.5) is 21.0 Å². The van der Waals surface area contributed by atoms with Gasteiger partial charge in [0, 0.05) is 44.3 Å². The predicted molar refractivity (Wildman–Crippen MR) is 125 cm³/mol. The first-order valence-electron chi connectivity index (χ1n) is 11.1. The van der Waals surface area contributed by atoms with Gasteiger partial charge in [-0.25, -0.2) is 14.2 Å². The van der Waals surface area contributed by atoms with Crippen LogP contribution in [0.2, 0.25) is 0 Å². The number of H-pyrrole nitrogens is 1. The molecule has 180 valence electrons. The van der Waals surface area contributed by atoms with Crippen molar-refractivity contribution in [2.24, 2.45) is 0 Å². The number of nitrogens with one attached hydrogen (secondary N) is 1. The highest BCUT2D eigenvalue weighted by Crippen LogP contribution is 2.43. The Morgan fingerprint density at radius 1 is 1.21 bits per heavy atom. The fraction of sp³-hybridized carbons (Fsp3) is 0.636. The van der Waals surface area contributed by atoms with Crippen LogP contribution in [0.5, 0.6) is 0 Å². The second-order valence-electron chi connectivity index (χ2n) is 10.5. The topological polar surface area (TPSA) is 111 Å². The number of aromatic nitrogens is 4. The summed E-state index contributed by atoms with van der Waals surface area (Å²) in [6.07, 6.45) is 0. The number of amides is 2. The summed E-state index contributed by atoms with van der Waals surface area (Å²) in [7, 11) is 5.60. The molecule has 1 fully saturated rings. The lowest BCUT2D eigenvalue weighted by atomic mass is 9.96. The Kier molecular flexibility index (Phi) is 5.31. The predicted octanol–water partition coefficient (Wildman–Crippen LogP) is 2.24. The van der Waals surface area contributed by atoms with Crippen molar-refractivity contribution in [1.29, 1.82) is 0 Å². The van der Waals surface area contributed by atoms with Crippen molar-refractivity contribution >= 4 is 17.8 Å². The number of aromatic amines is 1. The van der Waals surface area contributed by atoms with Crippen LogP contribution in [0.3, 0.4) is 0 Å². The zero-order valence-electron chi connectivity index (χ0n) is 20.7. The van der Waals surface area contributed by atoms with E-state index in [0.717, 1.165) is 17.8 Å². The number of halogens is 1. The number of anilines is 2. The van der Waals surface area contributed by atoms with Crippen molar-refractivity contribution in [3.05, 3.63) is 17.1 Å². The monoisotopic (exact) mass is 459 g/mol. The van der Waals surface area contributed by atoms with E-state index in [1.165, 1.54) is 0 Å². The van der Waals surface area contributed by atoms with Gasteiger partial charge in [-0.2, -0.15) is 10.1 Å². The van der Waals surface area contributed by atoms with Crippen LogP contribution in [0.15, 0.2) is 0 Å². The van der Waals surface area contributed by atoms with E-state index in [2.05, 4.69) is 52.9 Å². The van der Waals surface area contributed by atoms with Crippen LogP contribution in [0.25, 0.3) is 11.4 Å². The van der Waals surface area contributed by atoms with Crippen LogP contribution in [0, 0.1) is 5.82 Å². The lowest BCUT2D eigenvalue weighted by Gasteiger charge is -2.50. The average Bonchev–Trinajstić information content (AvgIpc) is 3.25. The molecule has 2 aromatic rings. The Balaban J connectivity index is 1.71. The van der Waals surface area contributed by atoms with Gasteiger partial charge in [-0.1, -0.05) is 0 Å². The molecule has 2 aromatic heterocycles. The number of carbonyl (C=O) groups is 1. The Morgan fingerprint density at radius 3 is 2.52 bits per heavy atom. The Bertz CT molecular complexity index is 1090. The molecule has 0 radical (unpaired) electrons. The largest absolute Gasteiger partial charge is 0.381 e. The summed E-state index contributed by atoms with van der Waals surface area (Å²) < 4.78 is 15.0. The van der Waals surface area contributed by atoms with Gasteiger partial charge in [0.1, 0.15) is 11.4 Å². The summed E-state index contributed by atoms with van der Waals surface area (Å²) in [4.78, 5) is 29.8. The maximum Gasteiger partial charge on any atom is 0.321 e. The fourth-order valence-corrected chi connectivity index (χ4v) is 4.67. The summed E-state index contributed by atoms with van der Waals surface area (Å²) >= 11 is 0. The van der Waals surface area contributed by atoms with Crippen LogP contribution in [-0.4, -0.2) is 86.7 Å². The Hall–Kier alpha value is -2.95. The van der Waals surface area contributed by atoms with Crippen molar-refractivity contribution in [2.45, 2.75) is 58.3 Å². The van der Waals surface area contributed by atoms with E-state index in [9.17, 15) is 9.18 Å². The summed E-state index contributed by atoms with van der Waals surface area (Å²) in [5, 5.41) is 7.41. The molecule has 0 spiro atoms. The highest BCUT2D eigenvalue weighted by molar-refractivity contribution is 5.78. The molecule has 10 nitrogen and oxygen atoms in total. The second kappa shape index (κ2) is 7.54. The molecule has 0 unspecified atom stereocenters. The number of likely N-dealkylation sites (N-methyl/N-ethyl adjacent to an activating group) is 1. The smallest absolute Gasteiger partial charge is 0.321 e. The standard InChI is InChI=1S/C22H34FN9O/c1-12-9-30(8)21(2,3)11-31(12)20(33)32-10-13-15(27-28-17(13)22(32,4)5)16-14(23)18(24)26-19(25-16)29(6)7/h12H,9-11H2,1-8H3,(H,27,28)(H2,24,25,26)/t12-/m0/s1. The molecule has 33 heavy (non-hydrogen) atoms. The van der Waals surface area contributed by atoms with Gasteiger partial charge >= 0.3 is 6.03 Å².